The molecule has 0 unspecified atom stereocenters. The average molecular weight is 205 g/mol. The number of aromatic nitrogens is 1. The predicted molar refractivity (Wildman–Crippen MR) is 55.6 cm³/mol. The van der Waals surface area contributed by atoms with Crippen molar-refractivity contribution < 1.29 is 9.47 Å². The van der Waals surface area contributed by atoms with Crippen molar-refractivity contribution in [3.05, 3.63) is 29.1 Å². The second-order valence-electron chi connectivity index (χ2n) is 4.31. The third-order valence-corrected chi connectivity index (χ3v) is 3.05. The third kappa shape index (κ3) is 1.77. The lowest BCUT2D eigenvalue weighted by Gasteiger charge is -2.11. The van der Waals surface area contributed by atoms with E-state index in [1.54, 1.807) is 0 Å². The summed E-state index contributed by atoms with van der Waals surface area (Å²) in [4.78, 5) is 4.43. The van der Waals surface area contributed by atoms with E-state index in [2.05, 4.69) is 18.0 Å². The molecule has 0 radical (unpaired) electrons. The van der Waals surface area contributed by atoms with Gasteiger partial charge in [0.15, 0.2) is 0 Å². The molecule has 1 aromatic heterocycles. The molecule has 2 fully saturated rings. The van der Waals surface area contributed by atoms with E-state index < -0.39 is 0 Å². The molecule has 15 heavy (non-hydrogen) atoms. The molecule has 0 bridgehead atoms. The van der Waals surface area contributed by atoms with Gasteiger partial charge >= 0.3 is 0 Å². The van der Waals surface area contributed by atoms with Crippen LogP contribution >= 0.6 is 0 Å². The zero-order chi connectivity index (χ0) is 10.3. The van der Waals surface area contributed by atoms with Crippen LogP contribution < -0.4 is 0 Å². The molecule has 80 valence electrons. The van der Waals surface area contributed by atoms with Gasteiger partial charge in [0.05, 0.1) is 18.9 Å². The van der Waals surface area contributed by atoms with Crippen LogP contribution in [0, 0.1) is 6.92 Å². The van der Waals surface area contributed by atoms with Gasteiger partial charge in [0, 0.05) is 6.20 Å². The fourth-order valence-corrected chi connectivity index (χ4v) is 2.07. The highest BCUT2D eigenvalue weighted by Crippen LogP contribution is 2.41. The lowest BCUT2D eigenvalue weighted by atomic mass is 10.1. The van der Waals surface area contributed by atoms with Crippen LogP contribution in [-0.4, -0.2) is 18.2 Å². The summed E-state index contributed by atoms with van der Waals surface area (Å²) >= 11 is 0. The van der Waals surface area contributed by atoms with Crippen LogP contribution in [0.4, 0.5) is 0 Å². The summed E-state index contributed by atoms with van der Waals surface area (Å²) in [6.45, 7) is 3.50. The molecule has 2 heterocycles. The highest BCUT2D eigenvalue weighted by atomic mass is 16.7. The van der Waals surface area contributed by atoms with Crippen molar-refractivity contribution in [3.8, 4) is 0 Å². The standard InChI is InChI=1S/C12H15NO2/c1-8-6-11(12-14-4-5-15-12)13-7-10(8)9-2-3-9/h6-7,9,12H,2-5H2,1H3. The van der Waals surface area contributed by atoms with Gasteiger partial charge in [0.2, 0.25) is 6.29 Å². The Labute approximate surface area is 89.4 Å². The van der Waals surface area contributed by atoms with Crippen LogP contribution in [-0.2, 0) is 9.47 Å². The zero-order valence-electron chi connectivity index (χ0n) is 8.90. The molecule has 3 heteroatoms. The summed E-state index contributed by atoms with van der Waals surface area (Å²) in [5.41, 5.74) is 3.63. The maximum Gasteiger partial charge on any atom is 0.201 e. The molecular weight excluding hydrogens is 190 g/mol. The molecular formula is C12H15NO2. The van der Waals surface area contributed by atoms with Crippen molar-refractivity contribution in [3.63, 3.8) is 0 Å². The van der Waals surface area contributed by atoms with E-state index in [0.29, 0.717) is 13.2 Å². The van der Waals surface area contributed by atoms with Gasteiger partial charge in [0.25, 0.3) is 0 Å². The van der Waals surface area contributed by atoms with Gasteiger partial charge < -0.3 is 9.47 Å². The lowest BCUT2D eigenvalue weighted by Crippen LogP contribution is -2.02. The molecule has 1 saturated carbocycles. The maximum atomic E-state index is 5.43. The van der Waals surface area contributed by atoms with Gasteiger partial charge in [-0.2, -0.15) is 0 Å². The van der Waals surface area contributed by atoms with E-state index in [0.717, 1.165) is 11.6 Å². The van der Waals surface area contributed by atoms with Gasteiger partial charge in [-0.25, -0.2) is 0 Å². The molecule has 0 spiro atoms. The summed E-state index contributed by atoms with van der Waals surface area (Å²) in [6, 6.07) is 2.10. The molecule has 3 nitrogen and oxygen atoms in total. The molecule has 0 N–H and O–H groups in total. The summed E-state index contributed by atoms with van der Waals surface area (Å²) in [6.07, 6.45) is 4.39. The van der Waals surface area contributed by atoms with Crippen molar-refractivity contribution >= 4 is 0 Å². The Balaban J connectivity index is 1.87. The Kier molecular flexibility index (Phi) is 2.22. The summed E-state index contributed by atoms with van der Waals surface area (Å²) in [5.74, 6) is 0.761. The number of aryl methyl sites for hydroxylation is 1. The topological polar surface area (TPSA) is 31.4 Å². The minimum atomic E-state index is -0.239. The van der Waals surface area contributed by atoms with Crippen molar-refractivity contribution in [2.24, 2.45) is 0 Å². The molecule has 0 amide bonds. The van der Waals surface area contributed by atoms with Crippen LogP contribution in [0.5, 0.6) is 0 Å². The Hall–Kier alpha value is -0.930. The van der Waals surface area contributed by atoms with E-state index in [9.17, 15) is 0 Å². The average Bonchev–Trinajstić information content (AvgIpc) is 2.93. The zero-order valence-corrected chi connectivity index (χ0v) is 8.90. The quantitative estimate of drug-likeness (QED) is 0.742. The number of hydrogen-bond acceptors (Lipinski definition) is 3. The second-order valence-corrected chi connectivity index (χ2v) is 4.31. The van der Waals surface area contributed by atoms with Crippen LogP contribution in [0.2, 0.25) is 0 Å². The third-order valence-electron chi connectivity index (χ3n) is 3.05. The van der Waals surface area contributed by atoms with Gasteiger partial charge in [0.1, 0.15) is 0 Å². The first-order valence-electron chi connectivity index (χ1n) is 5.54. The first-order valence-corrected chi connectivity index (χ1v) is 5.54. The molecule has 1 aliphatic carbocycles. The molecule has 2 aliphatic rings. The van der Waals surface area contributed by atoms with E-state index in [-0.39, 0.29) is 6.29 Å². The van der Waals surface area contributed by atoms with Crippen molar-refractivity contribution in [1.29, 1.82) is 0 Å². The second kappa shape index (κ2) is 3.58. The van der Waals surface area contributed by atoms with Crippen LogP contribution in [0.1, 0.15) is 41.9 Å². The highest BCUT2D eigenvalue weighted by molar-refractivity contribution is 5.31. The fourth-order valence-electron chi connectivity index (χ4n) is 2.07. The first-order chi connectivity index (χ1) is 7.34. The minimum absolute atomic E-state index is 0.239. The number of pyridine rings is 1. The van der Waals surface area contributed by atoms with Crippen LogP contribution in [0.15, 0.2) is 12.3 Å². The Morgan fingerprint density at radius 2 is 2.00 bits per heavy atom. The van der Waals surface area contributed by atoms with E-state index >= 15 is 0 Å². The Morgan fingerprint density at radius 1 is 1.27 bits per heavy atom. The number of rotatable bonds is 2. The molecule has 0 aromatic carbocycles. The van der Waals surface area contributed by atoms with E-state index in [1.807, 2.05) is 6.20 Å². The molecule has 0 atom stereocenters. The monoisotopic (exact) mass is 205 g/mol. The molecule has 1 saturated heterocycles. The lowest BCUT2D eigenvalue weighted by molar-refractivity contribution is -0.0473. The summed E-state index contributed by atoms with van der Waals surface area (Å²) in [5, 5.41) is 0. The van der Waals surface area contributed by atoms with E-state index in [4.69, 9.17) is 9.47 Å². The minimum Gasteiger partial charge on any atom is -0.345 e. The van der Waals surface area contributed by atoms with Gasteiger partial charge in [-0.3, -0.25) is 4.98 Å². The maximum absolute atomic E-state index is 5.43. The van der Waals surface area contributed by atoms with Gasteiger partial charge in [-0.15, -0.1) is 0 Å². The highest BCUT2D eigenvalue weighted by Gasteiger charge is 2.27. The first kappa shape index (κ1) is 9.31. The van der Waals surface area contributed by atoms with Gasteiger partial charge in [-0.1, -0.05) is 0 Å². The number of ether oxygens (including phenoxy) is 2. The van der Waals surface area contributed by atoms with Crippen molar-refractivity contribution in [1.82, 2.24) is 4.98 Å². The summed E-state index contributed by atoms with van der Waals surface area (Å²) in [7, 11) is 0. The normalized spacial score (nSPS) is 22.2. The molecule has 1 aromatic rings. The van der Waals surface area contributed by atoms with Crippen LogP contribution in [0.3, 0.4) is 0 Å². The van der Waals surface area contributed by atoms with Crippen molar-refractivity contribution in [2.75, 3.05) is 13.2 Å². The fraction of sp³-hybridized carbons (Fsp3) is 0.583. The number of nitrogens with zero attached hydrogens (tertiary/aromatic N) is 1. The van der Waals surface area contributed by atoms with E-state index in [1.165, 1.54) is 24.0 Å². The van der Waals surface area contributed by atoms with Crippen molar-refractivity contribution in [2.45, 2.75) is 32.0 Å². The summed E-state index contributed by atoms with van der Waals surface area (Å²) < 4.78 is 10.9. The SMILES string of the molecule is Cc1cc(C2OCCO2)ncc1C1CC1. The molecule has 3 rings (SSSR count). The molecule has 1 aliphatic heterocycles. The Bertz CT molecular complexity index is 368. The number of hydrogen-bond donors (Lipinski definition) is 0. The predicted octanol–water partition coefficient (Wildman–Crippen LogP) is 2.31. The largest absolute Gasteiger partial charge is 0.345 e. The van der Waals surface area contributed by atoms with Gasteiger partial charge in [-0.05, 0) is 42.9 Å². The Morgan fingerprint density at radius 3 is 2.60 bits per heavy atom. The smallest absolute Gasteiger partial charge is 0.201 e. The van der Waals surface area contributed by atoms with Crippen LogP contribution in [0.25, 0.3) is 0 Å².